The second kappa shape index (κ2) is 6.12. The molecule has 140 valence electrons. The molecule has 0 aliphatic carbocycles. The highest BCUT2D eigenvalue weighted by Crippen LogP contribution is 2.31. The number of pyridine rings is 1. The fourth-order valence-corrected chi connectivity index (χ4v) is 3.75. The third-order valence-corrected chi connectivity index (χ3v) is 5.32. The third kappa shape index (κ3) is 2.81. The number of hydrogen-bond donors (Lipinski definition) is 0. The number of oxazole rings is 1. The molecule has 0 bridgehead atoms. The van der Waals surface area contributed by atoms with Crippen LogP contribution in [0.15, 0.2) is 58.0 Å². The highest BCUT2D eigenvalue weighted by molar-refractivity contribution is 5.82. The van der Waals surface area contributed by atoms with Crippen molar-refractivity contribution in [3.63, 3.8) is 0 Å². The lowest BCUT2D eigenvalue weighted by Crippen LogP contribution is -2.36. The molecular weight excluding hydrogens is 352 g/mol. The van der Waals surface area contributed by atoms with Crippen LogP contribution in [0.1, 0.15) is 26.1 Å². The summed E-state index contributed by atoms with van der Waals surface area (Å²) in [7, 11) is 0. The molecule has 1 aliphatic heterocycles. The molecule has 1 aliphatic rings. The summed E-state index contributed by atoms with van der Waals surface area (Å²) in [5.74, 6) is 1.96. The van der Waals surface area contributed by atoms with Gasteiger partial charge in [0, 0.05) is 24.7 Å². The van der Waals surface area contributed by atoms with Gasteiger partial charge in [-0.05, 0) is 36.1 Å². The minimum Gasteiger partial charge on any atom is -0.435 e. The largest absolute Gasteiger partial charge is 0.435 e. The van der Waals surface area contributed by atoms with Crippen LogP contribution >= 0.6 is 0 Å². The first-order valence-electron chi connectivity index (χ1n) is 9.41. The standard InChI is InChI=1S/C22H20N4O2/c1-22(2)9-8-19-25-17-11-14(6-7-15(17)21(27)26(19)13-22)18-12-24-20(28-18)16-5-3-4-10-23-16/h3-7,10-12H,8-9,13H2,1-2H3. The van der Waals surface area contributed by atoms with Gasteiger partial charge in [0.05, 0.1) is 17.1 Å². The van der Waals surface area contributed by atoms with E-state index in [0.29, 0.717) is 34.8 Å². The third-order valence-electron chi connectivity index (χ3n) is 5.32. The molecule has 1 aromatic carbocycles. The monoisotopic (exact) mass is 372 g/mol. The van der Waals surface area contributed by atoms with Crippen LogP contribution in [0.25, 0.3) is 33.8 Å². The lowest BCUT2D eigenvalue weighted by molar-refractivity contribution is 0.240. The van der Waals surface area contributed by atoms with Gasteiger partial charge in [0.15, 0.2) is 5.76 Å². The number of rotatable bonds is 2. The Morgan fingerprint density at radius 2 is 2.04 bits per heavy atom. The molecule has 0 spiro atoms. The molecule has 0 amide bonds. The van der Waals surface area contributed by atoms with Crippen LogP contribution in [0.5, 0.6) is 0 Å². The van der Waals surface area contributed by atoms with Crippen LogP contribution in [0.2, 0.25) is 0 Å². The van der Waals surface area contributed by atoms with Crippen molar-refractivity contribution in [1.29, 1.82) is 0 Å². The average molecular weight is 372 g/mol. The van der Waals surface area contributed by atoms with Gasteiger partial charge in [-0.1, -0.05) is 26.0 Å². The molecule has 0 N–H and O–H groups in total. The van der Waals surface area contributed by atoms with Gasteiger partial charge >= 0.3 is 0 Å². The van der Waals surface area contributed by atoms with Crippen molar-refractivity contribution in [1.82, 2.24) is 19.5 Å². The maximum absolute atomic E-state index is 13.0. The van der Waals surface area contributed by atoms with Crippen molar-refractivity contribution >= 4 is 10.9 Å². The van der Waals surface area contributed by atoms with Gasteiger partial charge < -0.3 is 4.42 Å². The van der Waals surface area contributed by atoms with Crippen molar-refractivity contribution in [3.8, 4) is 22.9 Å². The first-order chi connectivity index (χ1) is 13.5. The smallest absolute Gasteiger partial charge is 0.261 e. The molecule has 6 nitrogen and oxygen atoms in total. The predicted octanol–water partition coefficient (Wildman–Crippen LogP) is 4.09. The molecular formula is C22H20N4O2. The summed E-state index contributed by atoms with van der Waals surface area (Å²) >= 11 is 0. The Hall–Kier alpha value is -3.28. The van der Waals surface area contributed by atoms with Crippen LogP contribution in [-0.4, -0.2) is 19.5 Å². The van der Waals surface area contributed by atoms with Crippen LogP contribution in [0.3, 0.4) is 0 Å². The number of benzene rings is 1. The molecule has 0 unspecified atom stereocenters. The highest BCUT2D eigenvalue weighted by Gasteiger charge is 2.27. The first kappa shape index (κ1) is 16.9. The molecule has 4 aromatic rings. The molecule has 0 fully saturated rings. The predicted molar refractivity (Wildman–Crippen MR) is 107 cm³/mol. The van der Waals surface area contributed by atoms with Gasteiger partial charge in [0.25, 0.3) is 5.56 Å². The Kier molecular flexibility index (Phi) is 3.69. The first-order valence-corrected chi connectivity index (χ1v) is 9.41. The number of aryl methyl sites for hydroxylation is 1. The Labute approximate surface area is 161 Å². The fraction of sp³-hybridized carbons (Fsp3) is 0.273. The minimum absolute atomic E-state index is 0.0334. The summed E-state index contributed by atoms with van der Waals surface area (Å²) in [5, 5.41) is 0.634. The van der Waals surface area contributed by atoms with Gasteiger partial charge in [0.1, 0.15) is 11.5 Å². The average Bonchev–Trinajstić information content (AvgIpc) is 3.19. The molecule has 3 aromatic heterocycles. The molecule has 0 atom stereocenters. The van der Waals surface area contributed by atoms with Crippen LogP contribution in [0.4, 0.5) is 0 Å². The summed E-state index contributed by atoms with van der Waals surface area (Å²) in [5.41, 5.74) is 2.38. The maximum Gasteiger partial charge on any atom is 0.261 e. The molecule has 0 saturated heterocycles. The Morgan fingerprint density at radius 3 is 2.86 bits per heavy atom. The zero-order valence-electron chi connectivity index (χ0n) is 15.8. The van der Waals surface area contributed by atoms with E-state index >= 15 is 0 Å². The summed E-state index contributed by atoms with van der Waals surface area (Å²) in [4.78, 5) is 26.4. The van der Waals surface area contributed by atoms with Crippen LogP contribution in [-0.2, 0) is 13.0 Å². The molecule has 4 heterocycles. The zero-order valence-corrected chi connectivity index (χ0v) is 15.8. The van der Waals surface area contributed by atoms with Crippen LogP contribution in [0, 0.1) is 5.41 Å². The van der Waals surface area contributed by atoms with E-state index in [1.165, 1.54) is 0 Å². The molecule has 6 heteroatoms. The van der Waals surface area contributed by atoms with Crippen molar-refractivity contribution in [3.05, 3.63) is 65.0 Å². The van der Waals surface area contributed by atoms with Crippen molar-refractivity contribution in [2.75, 3.05) is 0 Å². The van der Waals surface area contributed by atoms with Gasteiger partial charge in [-0.25, -0.2) is 9.97 Å². The van der Waals surface area contributed by atoms with Crippen molar-refractivity contribution < 1.29 is 4.42 Å². The van der Waals surface area contributed by atoms with E-state index in [1.54, 1.807) is 12.4 Å². The molecule has 0 radical (unpaired) electrons. The topological polar surface area (TPSA) is 73.8 Å². The quantitative estimate of drug-likeness (QED) is 0.530. The summed E-state index contributed by atoms with van der Waals surface area (Å²) in [6.45, 7) is 5.10. The second-order valence-electron chi connectivity index (χ2n) is 8.06. The van der Waals surface area contributed by atoms with Crippen molar-refractivity contribution in [2.45, 2.75) is 33.2 Å². The van der Waals surface area contributed by atoms with E-state index in [2.05, 4.69) is 23.8 Å². The number of aromatic nitrogens is 4. The number of hydrogen-bond acceptors (Lipinski definition) is 5. The van der Waals surface area contributed by atoms with Gasteiger partial charge in [-0.15, -0.1) is 0 Å². The molecule has 28 heavy (non-hydrogen) atoms. The van der Waals surface area contributed by atoms with Gasteiger partial charge in [0.2, 0.25) is 5.89 Å². The zero-order chi connectivity index (χ0) is 19.3. The lowest BCUT2D eigenvalue weighted by atomic mass is 9.85. The lowest BCUT2D eigenvalue weighted by Gasteiger charge is -2.31. The summed E-state index contributed by atoms with van der Waals surface area (Å²) in [6, 6.07) is 11.2. The van der Waals surface area contributed by atoms with Gasteiger partial charge in [-0.2, -0.15) is 0 Å². The molecule has 5 rings (SSSR count). The molecule has 0 saturated carbocycles. The second-order valence-corrected chi connectivity index (χ2v) is 8.06. The SMILES string of the molecule is CC1(C)CCc2nc3cc(-c4cnc(-c5ccccn5)o4)ccc3c(=O)n2C1. The number of nitrogens with zero attached hydrogens (tertiary/aromatic N) is 4. The van der Waals surface area contributed by atoms with E-state index in [1.807, 2.05) is 41.0 Å². The van der Waals surface area contributed by atoms with Gasteiger partial charge in [-0.3, -0.25) is 14.3 Å². The van der Waals surface area contributed by atoms with E-state index in [-0.39, 0.29) is 11.0 Å². The summed E-state index contributed by atoms with van der Waals surface area (Å²) in [6.07, 6.45) is 5.23. The van der Waals surface area contributed by atoms with E-state index in [4.69, 9.17) is 9.40 Å². The van der Waals surface area contributed by atoms with E-state index < -0.39 is 0 Å². The Balaban J connectivity index is 1.58. The Morgan fingerprint density at radius 1 is 1.14 bits per heavy atom. The fourth-order valence-electron chi connectivity index (χ4n) is 3.75. The normalized spacial score (nSPS) is 15.5. The Bertz CT molecular complexity index is 1240. The summed E-state index contributed by atoms with van der Waals surface area (Å²) < 4.78 is 7.72. The van der Waals surface area contributed by atoms with Crippen molar-refractivity contribution in [2.24, 2.45) is 5.41 Å². The maximum atomic E-state index is 13.0. The number of fused-ring (bicyclic) bond motifs is 2. The van der Waals surface area contributed by atoms with E-state index in [0.717, 1.165) is 24.2 Å². The van der Waals surface area contributed by atoms with E-state index in [9.17, 15) is 4.79 Å². The van der Waals surface area contributed by atoms with Crippen LogP contribution < -0.4 is 5.56 Å². The minimum atomic E-state index is 0.0334. The highest BCUT2D eigenvalue weighted by atomic mass is 16.4.